The van der Waals surface area contributed by atoms with E-state index in [-0.39, 0.29) is 6.04 Å². The summed E-state index contributed by atoms with van der Waals surface area (Å²) in [4.78, 5) is 4.57. The van der Waals surface area contributed by atoms with E-state index >= 15 is 0 Å². The topological polar surface area (TPSA) is 29.3 Å². The monoisotopic (exact) mass is 285 g/mol. The summed E-state index contributed by atoms with van der Waals surface area (Å²) >= 11 is 6.21. The molecule has 20 heavy (non-hydrogen) atoms. The van der Waals surface area contributed by atoms with Gasteiger partial charge >= 0.3 is 0 Å². The van der Waals surface area contributed by atoms with Gasteiger partial charge in [0, 0.05) is 30.0 Å². The first kappa shape index (κ1) is 13.2. The lowest BCUT2D eigenvalue weighted by atomic mass is 10.1. The molecule has 102 valence electrons. The van der Waals surface area contributed by atoms with Crippen LogP contribution in [0.3, 0.4) is 0 Å². The number of nitrogens with zero attached hydrogens (tertiary/aromatic N) is 2. The van der Waals surface area contributed by atoms with Crippen molar-refractivity contribution < 1.29 is 0 Å². The lowest BCUT2D eigenvalue weighted by Gasteiger charge is -2.14. The predicted octanol–water partition coefficient (Wildman–Crippen LogP) is 3.84. The van der Waals surface area contributed by atoms with Crippen LogP contribution in [0, 0.1) is 0 Å². The molecular weight excluding hydrogens is 270 g/mol. The highest BCUT2D eigenvalue weighted by molar-refractivity contribution is 6.31. The number of imidazole rings is 1. The van der Waals surface area contributed by atoms with Gasteiger partial charge in [0.25, 0.3) is 0 Å². The number of aromatic nitrogens is 2. The number of rotatable bonds is 4. The molecular formula is C16H16ClN3. The van der Waals surface area contributed by atoms with E-state index in [0.717, 1.165) is 21.9 Å². The third-order valence-electron chi connectivity index (χ3n) is 3.37. The molecule has 0 fully saturated rings. The first-order valence-electron chi connectivity index (χ1n) is 6.64. The number of hydrogen-bond acceptors (Lipinski definition) is 2. The Labute approximate surface area is 123 Å². The van der Waals surface area contributed by atoms with Crippen LogP contribution in [-0.4, -0.2) is 9.38 Å². The predicted molar refractivity (Wildman–Crippen MR) is 81.9 cm³/mol. The Morgan fingerprint density at radius 3 is 2.80 bits per heavy atom. The van der Waals surface area contributed by atoms with Crippen LogP contribution in [0.15, 0.2) is 54.9 Å². The van der Waals surface area contributed by atoms with Crippen molar-refractivity contribution >= 4 is 17.2 Å². The molecule has 4 heteroatoms. The van der Waals surface area contributed by atoms with Gasteiger partial charge < -0.3 is 9.72 Å². The number of halogens is 1. The van der Waals surface area contributed by atoms with Gasteiger partial charge in [-0.2, -0.15) is 0 Å². The second-order valence-corrected chi connectivity index (χ2v) is 5.23. The molecule has 0 aliphatic carbocycles. The second-order valence-electron chi connectivity index (χ2n) is 4.82. The van der Waals surface area contributed by atoms with Gasteiger partial charge in [-0.25, -0.2) is 4.98 Å². The molecule has 1 aromatic carbocycles. The standard InChI is InChI=1S/C16H16ClN3/c1-12(14-6-2-3-7-15(14)17)18-10-13-11-20-9-5-4-8-16(20)19-13/h2-9,11-12,18H,10H2,1H3/t12-/m1/s1. The van der Waals surface area contributed by atoms with Crippen LogP contribution in [0.25, 0.3) is 5.65 Å². The highest BCUT2D eigenvalue weighted by Gasteiger charge is 2.09. The molecule has 0 radical (unpaired) electrons. The normalized spacial score (nSPS) is 12.7. The zero-order valence-electron chi connectivity index (χ0n) is 11.3. The summed E-state index contributed by atoms with van der Waals surface area (Å²) in [5.41, 5.74) is 3.10. The zero-order valence-corrected chi connectivity index (χ0v) is 12.0. The van der Waals surface area contributed by atoms with Gasteiger partial charge in [-0.3, -0.25) is 0 Å². The van der Waals surface area contributed by atoms with Gasteiger partial charge in [-0.15, -0.1) is 0 Å². The number of fused-ring (bicyclic) bond motifs is 1. The maximum absolute atomic E-state index is 6.21. The molecule has 3 rings (SSSR count). The highest BCUT2D eigenvalue weighted by atomic mass is 35.5. The van der Waals surface area contributed by atoms with E-state index in [1.807, 2.05) is 59.3 Å². The smallest absolute Gasteiger partial charge is 0.137 e. The molecule has 0 aliphatic rings. The first-order chi connectivity index (χ1) is 9.74. The Kier molecular flexibility index (Phi) is 3.72. The number of benzene rings is 1. The van der Waals surface area contributed by atoms with E-state index < -0.39 is 0 Å². The molecule has 0 bridgehead atoms. The van der Waals surface area contributed by atoms with Gasteiger partial charge in [-0.05, 0) is 30.7 Å². The molecule has 0 amide bonds. The summed E-state index contributed by atoms with van der Waals surface area (Å²) in [6.45, 7) is 2.82. The van der Waals surface area contributed by atoms with Crippen LogP contribution in [0.2, 0.25) is 5.02 Å². The second kappa shape index (κ2) is 5.65. The van der Waals surface area contributed by atoms with Crippen molar-refractivity contribution in [3.63, 3.8) is 0 Å². The zero-order chi connectivity index (χ0) is 13.9. The van der Waals surface area contributed by atoms with E-state index in [9.17, 15) is 0 Å². The maximum atomic E-state index is 6.21. The number of nitrogens with one attached hydrogen (secondary N) is 1. The van der Waals surface area contributed by atoms with Crippen molar-refractivity contribution in [2.45, 2.75) is 19.5 Å². The summed E-state index contributed by atoms with van der Waals surface area (Å²) in [6.07, 6.45) is 4.05. The Bertz CT molecular complexity index is 687. The van der Waals surface area contributed by atoms with Gasteiger partial charge in [-0.1, -0.05) is 35.9 Å². The molecule has 0 aliphatic heterocycles. The molecule has 0 saturated carbocycles. The minimum Gasteiger partial charge on any atom is -0.307 e. The van der Waals surface area contributed by atoms with Crippen molar-refractivity contribution in [3.8, 4) is 0 Å². The summed E-state index contributed by atoms with van der Waals surface area (Å²) in [5, 5.41) is 4.25. The molecule has 0 saturated heterocycles. The van der Waals surface area contributed by atoms with Crippen LogP contribution in [-0.2, 0) is 6.54 Å². The average molecular weight is 286 g/mol. The van der Waals surface area contributed by atoms with E-state index in [1.54, 1.807) is 0 Å². The number of pyridine rings is 1. The van der Waals surface area contributed by atoms with Crippen molar-refractivity contribution in [2.75, 3.05) is 0 Å². The van der Waals surface area contributed by atoms with E-state index in [0.29, 0.717) is 6.54 Å². The Balaban J connectivity index is 1.71. The third-order valence-corrected chi connectivity index (χ3v) is 3.72. The largest absolute Gasteiger partial charge is 0.307 e. The van der Waals surface area contributed by atoms with E-state index in [2.05, 4.69) is 17.2 Å². The lowest BCUT2D eigenvalue weighted by Crippen LogP contribution is -2.18. The minimum absolute atomic E-state index is 0.188. The van der Waals surface area contributed by atoms with Crippen LogP contribution < -0.4 is 5.32 Å². The lowest BCUT2D eigenvalue weighted by molar-refractivity contribution is 0.569. The molecule has 0 spiro atoms. The minimum atomic E-state index is 0.188. The Morgan fingerprint density at radius 1 is 1.20 bits per heavy atom. The van der Waals surface area contributed by atoms with E-state index in [1.165, 1.54) is 0 Å². The van der Waals surface area contributed by atoms with Crippen LogP contribution >= 0.6 is 11.6 Å². The fourth-order valence-corrected chi connectivity index (χ4v) is 2.57. The van der Waals surface area contributed by atoms with Gasteiger partial charge in [0.15, 0.2) is 0 Å². The highest BCUT2D eigenvalue weighted by Crippen LogP contribution is 2.22. The van der Waals surface area contributed by atoms with Gasteiger partial charge in [0.05, 0.1) is 5.69 Å². The van der Waals surface area contributed by atoms with Gasteiger partial charge in [0.2, 0.25) is 0 Å². The van der Waals surface area contributed by atoms with Crippen LogP contribution in [0.4, 0.5) is 0 Å². The van der Waals surface area contributed by atoms with Crippen LogP contribution in [0.5, 0.6) is 0 Å². The molecule has 3 nitrogen and oxygen atoms in total. The van der Waals surface area contributed by atoms with Gasteiger partial charge in [0.1, 0.15) is 5.65 Å². The Morgan fingerprint density at radius 2 is 2.00 bits per heavy atom. The molecule has 3 aromatic rings. The fourth-order valence-electron chi connectivity index (χ4n) is 2.27. The summed E-state index contributed by atoms with van der Waals surface area (Å²) in [7, 11) is 0. The van der Waals surface area contributed by atoms with Crippen molar-refractivity contribution in [1.82, 2.24) is 14.7 Å². The third kappa shape index (κ3) is 2.69. The quantitative estimate of drug-likeness (QED) is 0.789. The molecule has 2 aromatic heterocycles. The molecule has 1 N–H and O–H groups in total. The molecule has 1 atom stereocenters. The molecule has 0 unspecified atom stereocenters. The SMILES string of the molecule is C[C@@H](NCc1cn2ccccc2n1)c1ccccc1Cl. The fraction of sp³-hybridized carbons (Fsp3) is 0.188. The summed E-state index contributed by atoms with van der Waals surface area (Å²) < 4.78 is 2.02. The van der Waals surface area contributed by atoms with Crippen molar-refractivity contribution in [3.05, 3.63) is 71.1 Å². The van der Waals surface area contributed by atoms with Crippen molar-refractivity contribution in [2.24, 2.45) is 0 Å². The molecule has 2 heterocycles. The van der Waals surface area contributed by atoms with Crippen molar-refractivity contribution in [1.29, 1.82) is 0 Å². The summed E-state index contributed by atoms with van der Waals surface area (Å²) in [6, 6.07) is 14.1. The maximum Gasteiger partial charge on any atom is 0.137 e. The summed E-state index contributed by atoms with van der Waals surface area (Å²) in [5.74, 6) is 0. The van der Waals surface area contributed by atoms with Crippen LogP contribution in [0.1, 0.15) is 24.2 Å². The number of hydrogen-bond donors (Lipinski definition) is 1. The first-order valence-corrected chi connectivity index (χ1v) is 7.02. The Hall–Kier alpha value is -1.84. The average Bonchev–Trinajstić information content (AvgIpc) is 2.88. The van der Waals surface area contributed by atoms with E-state index in [4.69, 9.17) is 11.6 Å².